The normalized spacial score (nSPS) is 24.1. The average Bonchev–Trinajstić information content (AvgIpc) is 2.40. The molecule has 1 fully saturated rings. The highest BCUT2D eigenvalue weighted by Gasteiger charge is 2.49. The first-order chi connectivity index (χ1) is 9.36. The van der Waals surface area contributed by atoms with Crippen molar-refractivity contribution >= 4 is 21.8 Å². The molecule has 0 radical (unpaired) electrons. The molecular weight excluding hydrogens is 318 g/mol. The Hall–Kier alpha value is -0.870. The maximum absolute atomic E-state index is 12.4. The lowest BCUT2D eigenvalue weighted by atomic mass is 9.64. The molecule has 4 heteroatoms. The van der Waals surface area contributed by atoms with Crippen LogP contribution in [0.2, 0.25) is 0 Å². The summed E-state index contributed by atoms with van der Waals surface area (Å²) >= 11 is 3.44. The first-order valence-corrected chi connectivity index (χ1v) is 7.84. The molecule has 1 amide bonds. The van der Waals surface area contributed by atoms with E-state index in [0.29, 0.717) is 5.56 Å². The third-order valence-corrected chi connectivity index (χ3v) is 4.91. The van der Waals surface area contributed by atoms with E-state index in [0.717, 1.165) is 23.1 Å². The summed E-state index contributed by atoms with van der Waals surface area (Å²) in [6, 6.07) is 5.97. The van der Waals surface area contributed by atoms with E-state index in [1.165, 1.54) is 0 Å². The number of carbonyl (C=O) groups excluding carboxylic acids is 1. The average molecular weight is 340 g/mol. The van der Waals surface area contributed by atoms with Crippen LogP contribution in [0, 0.1) is 12.3 Å². The van der Waals surface area contributed by atoms with Crippen molar-refractivity contribution < 1.29 is 9.53 Å². The van der Waals surface area contributed by atoms with E-state index < -0.39 is 0 Å². The van der Waals surface area contributed by atoms with Crippen LogP contribution in [-0.2, 0) is 4.74 Å². The van der Waals surface area contributed by atoms with Gasteiger partial charge in [0.05, 0.1) is 11.7 Å². The second-order valence-electron chi connectivity index (χ2n) is 6.01. The minimum atomic E-state index is -0.0198. The number of hydrogen-bond acceptors (Lipinski definition) is 2. The van der Waals surface area contributed by atoms with Gasteiger partial charge in [-0.3, -0.25) is 4.79 Å². The van der Waals surface area contributed by atoms with Gasteiger partial charge in [0.2, 0.25) is 0 Å². The summed E-state index contributed by atoms with van der Waals surface area (Å²) in [5.74, 6) is -0.0198. The van der Waals surface area contributed by atoms with Gasteiger partial charge in [0.25, 0.3) is 5.91 Å². The van der Waals surface area contributed by atoms with Crippen molar-refractivity contribution in [2.45, 2.75) is 46.3 Å². The Kier molecular flexibility index (Phi) is 4.55. The zero-order valence-corrected chi connectivity index (χ0v) is 14.1. The fraction of sp³-hybridized carbons (Fsp3) is 0.562. The highest BCUT2D eigenvalue weighted by Crippen LogP contribution is 2.42. The van der Waals surface area contributed by atoms with Crippen molar-refractivity contribution in [3.8, 4) is 0 Å². The maximum Gasteiger partial charge on any atom is 0.252 e. The molecule has 110 valence electrons. The molecule has 1 saturated carbocycles. The lowest BCUT2D eigenvalue weighted by Crippen LogP contribution is -2.62. The Bertz CT molecular complexity index is 513. The van der Waals surface area contributed by atoms with Crippen molar-refractivity contribution in [3.63, 3.8) is 0 Å². The fourth-order valence-corrected chi connectivity index (χ4v) is 3.09. The van der Waals surface area contributed by atoms with Gasteiger partial charge < -0.3 is 10.1 Å². The van der Waals surface area contributed by atoms with E-state index >= 15 is 0 Å². The van der Waals surface area contributed by atoms with Crippen molar-refractivity contribution in [2.75, 3.05) is 6.61 Å². The summed E-state index contributed by atoms with van der Waals surface area (Å²) < 4.78 is 6.53. The zero-order chi connectivity index (χ0) is 14.9. The summed E-state index contributed by atoms with van der Waals surface area (Å²) in [5, 5.41) is 3.13. The number of hydrogen-bond donors (Lipinski definition) is 1. The largest absolute Gasteiger partial charge is 0.378 e. The van der Waals surface area contributed by atoms with Gasteiger partial charge in [0.15, 0.2) is 0 Å². The highest BCUT2D eigenvalue weighted by atomic mass is 79.9. The smallest absolute Gasteiger partial charge is 0.252 e. The third kappa shape index (κ3) is 2.91. The van der Waals surface area contributed by atoms with Gasteiger partial charge in [0, 0.05) is 22.5 Å². The van der Waals surface area contributed by atoms with Crippen LogP contribution in [0.4, 0.5) is 0 Å². The molecule has 0 bridgehead atoms. The third-order valence-electron chi connectivity index (χ3n) is 4.22. The summed E-state index contributed by atoms with van der Waals surface area (Å²) in [4.78, 5) is 12.4. The number of halogens is 1. The first-order valence-electron chi connectivity index (χ1n) is 7.05. The molecule has 0 heterocycles. The van der Waals surface area contributed by atoms with Crippen LogP contribution in [0.5, 0.6) is 0 Å². The number of ether oxygens (including phenoxy) is 1. The molecule has 3 nitrogen and oxygen atoms in total. The van der Waals surface area contributed by atoms with E-state index in [4.69, 9.17) is 4.74 Å². The van der Waals surface area contributed by atoms with Crippen molar-refractivity contribution in [3.05, 3.63) is 33.8 Å². The van der Waals surface area contributed by atoms with Crippen LogP contribution in [-0.4, -0.2) is 24.7 Å². The molecule has 20 heavy (non-hydrogen) atoms. The van der Waals surface area contributed by atoms with Crippen molar-refractivity contribution in [1.82, 2.24) is 5.32 Å². The molecule has 2 atom stereocenters. The van der Waals surface area contributed by atoms with Crippen LogP contribution in [0.25, 0.3) is 0 Å². The molecular formula is C16H22BrNO2. The van der Waals surface area contributed by atoms with Gasteiger partial charge in [-0.15, -0.1) is 0 Å². The lowest BCUT2D eigenvalue weighted by molar-refractivity contribution is -0.111. The van der Waals surface area contributed by atoms with Gasteiger partial charge in [0.1, 0.15) is 0 Å². The summed E-state index contributed by atoms with van der Waals surface area (Å²) in [6.07, 6.45) is 1.12. The quantitative estimate of drug-likeness (QED) is 0.908. The fourth-order valence-electron chi connectivity index (χ4n) is 2.66. The van der Waals surface area contributed by atoms with E-state index in [-0.39, 0.29) is 23.5 Å². The number of rotatable bonds is 4. The molecule has 0 aliphatic heterocycles. The minimum Gasteiger partial charge on any atom is -0.378 e. The van der Waals surface area contributed by atoms with Crippen LogP contribution in [0.1, 0.15) is 43.1 Å². The van der Waals surface area contributed by atoms with Gasteiger partial charge >= 0.3 is 0 Å². The van der Waals surface area contributed by atoms with Gasteiger partial charge in [-0.25, -0.2) is 0 Å². The predicted molar refractivity (Wildman–Crippen MR) is 83.9 cm³/mol. The Labute approximate surface area is 129 Å². The Morgan fingerprint density at radius 2 is 2.20 bits per heavy atom. The lowest BCUT2D eigenvalue weighted by Gasteiger charge is -2.51. The number of aryl methyl sites for hydroxylation is 1. The number of amides is 1. The van der Waals surface area contributed by atoms with E-state index in [2.05, 4.69) is 35.1 Å². The van der Waals surface area contributed by atoms with E-state index in [9.17, 15) is 4.79 Å². The molecule has 2 unspecified atom stereocenters. The summed E-state index contributed by atoms with van der Waals surface area (Å²) in [6.45, 7) is 9.01. The topological polar surface area (TPSA) is 38.3 Å². The molecule has 1 aromatic rings. The van der Waals surface area contributed by atoms with Crippen LogP contribution in [0.15, 0.2) is 22.7 Å². The second kappa shape index (κ2) is 5.86. The maximum atomic E-state index is 12.4. The Morgan fingerprint density at radius 3 is 2.80 bits per heavy atom. The highest BCUT2D eigenvalue weighted by molar-refractivity contribution is 9.10. The Morgan fingerprint density at radius 1 is 1.50 bits per heavy atom. The van der Waals surface area contributed by atoms with Crippen molar-refractivity contribution in [1.29, 1.82) is 0 Å². The predicted octanol–water partition coefficient (Wildman–Crippen LogP) is 3.69. The monoisotopic (exact) mass is 339 g/mol. The molecule has 0 aromatic heterocycles. The second-order valence-corrected chi connectivity index (χ2v) is 6.86. The summed E-state index contributed by atoms with van der Waals surface area (Å²) in [7, 11) is 0. The molecule has 1 aliphatic carbocycles. The SMILES string of the molecule is CCOC1CC(NC(=O)c2cc(C)ccc2Br)C1(C)C. The standard InChI is InChI=1S/C16H22BrNO2/c1-5-20-14-9-13(16(14,3)4)18-15(19)11-8-10(2)6-7-12(11)17/h6-8,13-14H,5,9H2,1-4H3,(H,18,19). The number of carbonyl (C=O) groups is 1. The molecule has 1 aliphatic rings. The number of benzene rings is 1. The summed E-state index contributed by atoms with van der Waals surface area (Å²) in [5.41, 5.74) is 1.76. The zero-order valence-electron chi connectivity index (χ0n) is 12.5. The van der Waals surface area contributed by atoms with Crippen LogP contribution < -0.4 is 5.32 Å². The van der Waals surface area contributed by atoms with Gasteiger partial charge in [-0.1, -0.05) is 25.5 Å². The molecule has 1 aromatic carbocycles. The van der Waals surface area contributed by atoms with Crippen LogP contribution >= 0.6 is 15.9 Å². The van der Waals surface area contributed by atoms with Crippen LogP contribution in [0.3, 0.4) is 0 Å². The van der Waals surface area contributed by atoms with Crippen molar-refractivity contribution in [2.24, 2.45) is 5.41 Å². The van der Waals surface area contributed by atoms with E-state index in [1.54, 1.807) is 0 Å². The first kappa shape index (κ1) is 15.5. The molecule has 1 N–H and O–H groups in total. The minimum absolute atomic E-state index is 0.0119. The van der Waals surface area contributed by atoms with E-state index in [1.807, 2.05) is 32.0 Å². The molecule has 0 spiro atoms. The molecule has 0 saturated heterocycles. The number of nitrogens with one attached hydrogen (secondary N) is 1. The van der Waals surface area contributed by atoms with Gasteiger partial charge in [-0.2, -0.15) is 0 Å². The molecule has 2 rings (SSSR count). The Balaban J connectivity index is 2.05. The van der Waals surface area contributed by atoms with Gasteiger partial charge in [-0.05, 0) is 48.3 Å².